The van der Waals surface area contributed by atoms with Crippen LogP contribution in [0.25, 0.3) is 0 Å². The van der Waals surface area contributed by atoms with Gasteiger partial charge < -0.3 is 16.0 Å². The number of hydrogen-bond donors (Lipinski definition) is 2. The van der Waals surface area contributed by atoms with Gasteiger partial charge in [0, 0.05) is 12.6 Å². The molecule has 3 N–H and O–H groups in total. The van der Waals surface area contributed by atoms with E-state index in [1.165, 1.54) is 19.3 Å². The smallest absolute Gasteiger partial charge is 0.242 e. The number of carbonyl (C=O) groups is 2. The molecule has 5 heteroatoms. The Morgan fingerprint density at radius 1 is 1.25 bits per heavy atom. The van der Waals surface area contributed by atoms with E-state index in [0.717, 1.165) is 19.4 Å². The first-order valence-corrected chi connectivity index (χ1v) is 7.83. The highest BCUT2D eigenvalue weighted by Crippen LogP contribution is 2.36. The fourth-order valence-corrected chi connectivity index (χ4v) is 3.45. The summed E-state index contributed by atoms with van der Waals surface area (Å²) >= 11 is 0. The van der Waals surface area contributed by atoms with Gasteiger partial charge in [-0.05, 0) is 37.5 Å². The van der Waals surface area contributed by atoms with Crippen molar-refractivity contribution in [2.24, 2.45) is 17.6 Å². The summed E-state index contributed by atoms with van der Waals surface area (Å²) in [5.41, 5.74) is 5.77. The Balaban J connectivity index is 1.84. The van der Waals surface area contributed by atoms with E-state index in [-0.39, 0.29) is 24.3 Å². The Labute approximate surface area is 121 Å². The zero-order valence-corrected chi connectivity index (χ0v) is 12.6. The summed E-state index contributed by atoms with van der Waals surface area (Å²) < 4.78 is 0. The molecule has 2 rings (SSSR count). The molecule has 0 spiro atoms. The summed E-state index contributed by atoms with van der Waals surface area (Å²) in [4.78, 5) is 26.1. The Kier molecular flexibility index (Phi) is 5.02. The Bertz CT molecular complexity index is 370. The number of piperidine rings is 1. The van der Waals surface area contributed by atoms with Crippen LogP contribution in [0.1, 0.15) is 46.0 Å². The van der Waals surface area contributed by atoms with Crippen LogP contribution in [-0.2, 0) is 9.59 Å². The van der Waals surface area contributed by atoms with Crippen molar-refractivity contribution < 1.29 is 9.59 Å². The lowest BCUT2D eigenvalue weighted by Gasteiger charge is -2.38. The van der Waals surface area contributed by atoms with E-state index in [9.17, 15) is 9.59 Å². The molecule has 1 saturated carbocycles. The fraction of sp³-hybridized carbons (Fsp3) is 0.867. The van der Waals surface area contributed by atoms with Crippen LogP contribution in [0.5, 0.6) is 0 Å². The summed E-state index contributed by atoms with van der Waals surface area (Å²) in [6.07, 6.45) is 5.93. The van der Waals surface area contributed by atoms with Crippen molar-refractivity contribution in [1.29, 1.82) is 0 Å². The average molecular weight is 281 g/mol. The minimum Gasteiger partial charge on any atom is -0.346 e. The number of carbonyl (C=O) groups excluding carboxylic acids is 2. The molecular weight excluding hydrogens is 254 g/mol. The molecule has 0 aromatic carbocycles. The minimum absolute atomic E-state index is 0.0471. The lowest BCUT2D eigenvalue weighted by molar-refractivity contribution is -0.137. The number of likely N-dealkylation sites (tertiary alicyclic amines) is 1. The summed E-state index contributed by atoms with van der Waals surface area (Å²) in [7, 11) is 0. The van der Waals surface area contributed by atoms with Gasteiger partial charge in [-0.2, -0.15) is 0 Å². The predicted octanol–water partition coefficient (Wildman–Crippen LogP) is 0.877. The number of fused-ring (bicyclic) bond motifs is 1. The van der Waals surface area contributed by atoms with Gasteiger partial charge in [0.05, 0.1) is 12.6 Å². The molecule has 1 saturated heterocycles. The van der Waals surface area contributed by atoms with Crippen molar-refractivity contribution in [3.63, 3.8) is 0 Å². The molecule has 1 aliphatic carbocycles. The maximum Gasteiger partial charge on any atom is 0.242 e. The second kappa shape index (κ2) is 6.57. The van der Waals surface area contributed by atoms with E-state index in [1.807, 2.05) is 18.7 Å². The topological polar surface area (TPSA) is 75.4 Å². The lowest BCUT2D eigenvalue weighted by Crippen LogP contribution is -2.52. The molecule has 20 heavy (non-hydrogen) atoms. The number of rotatable bonds is 4. The molecule has 3 atom stereocenters. The minimum atomic E-state index is -0.539. The monoisotopic (exact) mass is 281 g/mol. The number of hydrogen-bond acceptors (Lipinski definition) is 3. The maximum atomic E-state index is 12.3. The zero-order valence-electron chi connectivity index (χ0n) is 12.6. The molecule has 0 radical (unpaired) electrons. The van der Waals surface area contributed by atoms with Crippen LogP contribution in [0.2, 0.25) is 0 Å². The number of nitrogens with zero attached hydrogens (tertiary/aromatic N) is 1. The van der Waals surface area contributed by atoms with Crippen molar-refractivity contribution in [3.8, 4) is 0 Å². The van der Waals surface area contributed by atoms with Gasteiger partial charge in [-0.15, -0.1) is 0 Å². The third kappa shape index (κ3) is 3.32. The summed E-state index contributed by atoms with van der Waals surface area (Å²) in [5.74, 6) is 0.583. The summed E-state index contributed by atoms with van der Waals surface area (Å²) in [6.45, 7) is 4.73. The van der Waals surface area contributed by atoms with Gasteiger partial charge in [-0.3, -0.25) is 9.59 Å². The zero-order chi connectivity index (χ0) is 14.7. The van der Waals surface area contributed by atoms with Gasteiger partial charge in [0.1, 0.15) is 0 Å². The highest BCUT2D eigenvalue weighted by molar-refractivity contribution is 5.87. The lowest BCUT2D eigenvalue weighted by atomic mass is 9.92. The first kappa shape index (κ1) is 15.3. The molecule has 0 aromatic heterocycles. The molecule has 1 aliphatic heterocycles. The summed E-state index contributed by atoms with van der Waals surface area (Å²) in [5, 5.41) is 2.69. The average Bonchev–Trinajstić information content (AvgIpc) is 2.91. The third-order valence-electron chi connectivity index (χ3n) is 4.75. The van der Waals surface area contributed by atoms with Crippen molar-refractivity contribution in [1.82, 2.24) is 10.2 Å². The molecule has 1 heterocycles. The van der Waals surface area contributed by atoms with E-state index < -0.39 is 6.04 Å². The van der Waals surface area contributed by atoms with E-state index in [2.05, 4.69) is 5.32 Å². The number of amides is 2. The van der Waals surface area contributed by atoms with Crippen molar-refractivity contribution in [2.45, 2.75) is 58.0 Å². The quantitative estimate of drug-likeness (QED) is 0.803. The van der Waals surface area contributed by atoms with Crippen LogP contribution in [0.15, 0.2) is 0 Å². The molecule has 0 aromatic rings. The van der Waals surface area contributed by atoms with Crippen LogP contribution in [0.3, 0.4) is 0 Å². The van der Waals surface area contributed by atoms with Crippen molar-refractivity contribution >= 4 is 11.8 Å². The Morgan fingerprint density at radius 3 is 2.65 bits per heavy atom. The van der Waals surface area contributed by atoms with Crippen molar-refractivity contribution in [2.75, 3.05) is 13.1 Å². The van der Waals surface area contributed by atoms with E-state index in [0.29, 0.717) is 12.0 Å². The molecular formula is C15H27N3O2. The maximum absolute atomic E-state index is 12.3. The van der Waals surface area contributed by atoms with E-state index in [1.54, 1.807) is 0 Å². The Morgan fingerprint density at radius 2 is 1.95 bits per heavy atom. The fourth-order valence-electron chi connectivity index (χ4n) is 3.45. The van der Waals surface area contributed by atoms with E-state index in [4.69, 9.17) is 5.73 Å². The molecule has 2 amide bonds. The number of nitrogens with one attached hydrogen (secondary N) is 1. The molecule has 114 valence electrons. The van der Waals surface area contributed by atoms with Gasteiger partial charge in [0.15, 0.2) is 0 Å². The molecule has 2 fully saturated rings. The highest BCUT2D eigenvalue weighted by Gasteiger charge is 2.37. The highest BCUT2D eigenvalue weighted by atomic mass is 16.2. The normalized spacial score (nSPS) is 27.3. The SMILES string of the molecule is CC(C)[C@H](N)C(=O)NCC(=O)N1CCCC2CCCC21. The van der Waals surface area contributed by atoms with Crippen LogP contribution < -0.4 is 11.1 Å². The largest absolute Gasteiger partial charge is 0.346 e. The van der Waals surface area contributed by atoms with Crippen LogP contribution in [-0.4, -0.2) is 41.9 Å². The van der Waals surface area contributed by atoms with E-state index >= 15 is 0 Å². The second-order valence-electron chi connectivity index (χ2n) is 6.48. The molecule has 2 aliphatic rings. The third-order valence-corrected chi connectivity index (χ3v) is 4.75. The van der Waals surface area contributed by atoms with Crippen LogP contribution in [0, 0.1) is 11.8 Å². The first-order valence-electron chi connectivity index (χ1n) is 7.83. The van der Waals surface area contributed by atoms with Gasteiger partial charge in [-0.1, -0.05) is 20.3 Å². The van der Waals surface area contributed by atoms with Crippen LogP contribution >= 0.6 is 0 Å². The van der Waals surface area contributed by atoms with Gasteiger partial charge in [-0.25, -0.2) is 0 Å². The number of nitrogens with two attached hydrogens (primary N) is 1. The predicted molar refractivity (Wildman–Crippen MR) is 77.9 cm³/mol. The van der Waals surface area contributed by atoms with Gasteiger partial charge in [0.2, 0.25) is 11.8 Å². The van der Waals surface area contributed by atoms with Crippen molar-refractivity contribution in [3.05, 3.63) is 0 Å². The van der Waals surface area contributed by atoms with Gasteiger partial charge >= 0.3 is 0 Å². The van der Waals surface area contributed by atoms with Gasteiger partial charge in [0.25, 0.3) is 0 Å². The first-order chi connectivity index (χ1) is 9.50. The standard InChI is InChI=1S/C15H27N3O2/c1-10(2)14(16)15(20)17-9-13(19)18-8-4-6-11-5-3-7-12(11)18/h10-12,14H,3-9,16H2,1-2H3,(H,17,20)/t11?,12?,14-/m0/s1. The molecule has 0 bridgehead atoms. The van der Waals surface area contributed by atoms with Crippen LogP contribution in [0.4, 0.5) is 0 Å². The molecule has 5 nitrogen and oxygen atoms in total. The summed E-state index contributed by atoms with van der Waals surface area (Å²) in [6, 6.07) is -0.129. The Hall–Kier alpha value is -1.10. The molecule has 2 unspecified atom stereocenters. The second-order valence-corrected chi connectivity index (χ2v) is 6.48.